The van der Waals surface area contributed by atoms with Crippen LogP contribution >= 0.6 is 0 Å². The van der Waals surface area contributed by atoms with Crippen molar-refractivity contribution >= 4 is 52.4 Å². The summed E-state index contributed by atoms with van der Waals surface area (Å²) in [5.41, 5.74) is 4.23. The Morgan fingerprint density at radius 3 is 0.917 bits per heavy atom. The number of hydrogen-bond acceptors (Lipinski definition) is 15. The van der Waals surface area contributed by atoms with Crippen LogP contribution in [-0.2, 0) is 35.9 Å². The Balaban J connectivity index is 0.988. The lowest BCUT2D eigenvalue weighted by Gasteiger charge is -2.48. The maximum absolute atomic E-state index is 12.2. The van der Waals surface area contributed by atoms with Gasteiger partial charge in [0.05, 0.1) is 70.5 Å². The molecule has 3 atom stereocenters. The standard InChI is InChI=1S/C66H60N6O12/c1-61(2)49-16-10-13-19-52(49)67(64(61)25-22-43-31-46(70(73)74)34-55(79-7)58(43)82-64)37-40-28-41(38-68-53-20-14-11-17-50(53)62(3,4)65(68)26-23-44-32-47(71(75)76)35-56(80-8)59(44)83-65)30-42(29-40)39-69-54-21-15-12-18-51(54)63(5,6)66(69)27-24-45-33-48(72(77)78)36-57(81-9)60(45)84-66/h10-36H,37-39H2,1-9H3. The molecule has 0 aromatic heterocycles. The number of benzene rings is 7. The number of non-ortho nitro benzene ring substituents is 3. The lowest BCUT2D eigenvalue weighted by atomic mass is 9.76. The minimum Gasteiger partial charge on any atom is -0.493 e. The number of nitro benzene ring substituents is 3. The molecule has 0 amide bonds. The molecule has 0 bridgehead atoms. The van der Waals surface area contributed by atoms with Crippen molar-refractivity contribution in [1.29, 1.82) is 0 Å². The summed E-state index contributed by atoms with van der Waals surface area (Å²) < 4.78 is 39.5. The van der Waals surface area contributed by atoms with Gasteiger partial charge in [0, 0.05) is 71.6 Å². The van der Waals surface area contributed by atoms with Gasteiger partial charge in [0.25, 0.3) is 17.1 Å². The van der Waals surface area contributed by atoms with Crippen LogP contribution in [0.25, 0.3) is 18.2 Å². The number of rotatable bonds is 12. The topological polar surface area (TPSA) is 195 Å². The van der Waals surface area contributed by atoms with Gasteiger partial charge in [-0.25, -0.2) is 0 Å². The molecule has 18 heteroatoms. The van der Waals surface area contributed by atoms with Gasteiger partial charge in [-0.05, 0) is 130 Å². The second-order valence-electron chi connectivity index (χ2n) is 23.7. The second kappa shape index (κ2) is 18.6. The fourth-order valence-electron chi connectivity index (χ4n) is 14.0. The second-order valence-corrected chi connectivity index (χ2v) is 23.7. The quantitative estimate of drug-likeness (QED) is 0.0827. The van der Waals surface area contributed by atoms with Crippen molar-refractivity contribution in [3.8, 4) is 34.5 Å². The monoisotopic (exact) mass is 1130 g/mol. The van der Waals surface area contributed by atoms with Crippen molar-refractivity contribution in [2.45, 2.75) is 94.6 Å². The molecule has 3 unspecified atom stereocenters. The highest BCUT2D eigenvalue weighted by molar-refractivity contribution is 5.79. The van der Waals surface area contributed by atoms with Gasteiger partial charge < -0.3 is 43.1 Å². The molecule has 7 aromatic rings. The molecule has 0 saturated heterocycles. The number of fused-ring (bicyclic) bond motifs is 6. The van der Waals surface area contributed by atoms with Gasteiger partial charge in [-0.1, -0.05) is 72.8 Å². The largest absolute Gasteiger partial charge is 0.493 e. The average Bonchev–Trinajstić information content (AvgIpc) is 1.73. The van der Waals surface area contributed by atoms with E-state index in [4.69, 9.17) is 28.4 Å². The zero-order valence-electron chi connectivity index (χ0n) is 47.8. The lowest BCUT2D eigenvalue weighted by molar-refractivity contribution is -0.385. The van der Waals surface area contributed by atoms with E-state index in [0.29, 0.717) is 53.6 Å². The first-order chi connectivity index (χ1) is 40.1. The molecule has 7 aromatic carbocycles. The zero-order valence-corrected chi connectivity index (χ0v) is 47.8. The molecule has 0 saturated carbocycles. The molecule has 0 N–H and O–H groups in total. The maximum atomic E-state index is 12.2. The van der Waals surface area contributed by atoms with Crippen LogP contribution in [0, 0.1) is 30.3 Å². The lowest BCUT2D eigenvalue weighted by Crippen LogP contribution is -2.59. The Morgan fingerprint density at radius 1 is 0.405 bits per heavy atom. The van der Waals surface area contributed by atoms with Crippen molar-refractivity contribution < 1.29 is 43.2 Å². The van der Waals surface area contributed by atoms with E-state index in [1.165, 1.54) is 57.7 Å². The smallest absolute Gasteiger partial charge is 0.274 e. The summed E-state index contributed by atoms with van der Waals surface area (Å²) in [7, 11) is 4.43. The zero-order chi connectivity index (χ0) is 59.0. The van der Waals surface area contributed by atoms with E-state index in [-0.39, 0.29) is 34.3 Å². The van der Waals surface area contributed by atoms with Crippen LogP contribution in [0.2, 0.25) is 0 Å². The van der Waals surface area contributed by atoms with Crippen LogP contribution < -0.4 is 43.1 Å². The minimum absolute atomic E-state index is 0.121. The molecule has 6 aliphatic heterocycles. The Bertz CT molecular complexity index is 3670. The SMILES string of the molecule is COc1cc([N+](=O)[O-])cc2c1OC1(C=C2)N(Cc2cc(CN3c4ccccc4C(C)(C)C34C=Cc3cc([N+](=O)[O-])cc(OC)c3O4)cc(CN3c4ccccc4C(C)(C)C34C=Cc3cc([N+](=O)[O-])cc(OC)c3O4)c2)c2ccccc2C1(C)C. The Morgan fingerprint density at radius 2 is 0.667 bits per heavy atom. The van der Waals surface area contributed by atoms with E-state index >= 15 is 0 Å². The summed E-state index contributed by atoms with van der Waals surface area (Å²) in [6.45, 7) is 13.8. The molecule has 426 valence electrons. The molecule has 6 heterocycles. The van der Waals surface area contributed by atoms with Gasteiger partial charge in [-0.3, -0.25) is 30.3 Å². The van der Waals surface area contributed by atoms with Crippen molar-refractivity contribution in [3.05, 3.63) is 226 Å². The van der Waals surface area contributed by atoms with Gasteiger partial charge >= 0.3 is 0 Å². The normalized spacial score (nSPS) is 21.6. The van der Waals surface area contributed by atoms with Crippen LogP contribution in [0.5, 0.6) is 34.5 Å². The highest BCUT2D eigenvalue weighted by Crippen LogP contribution is 2.61. The number of ether oxygens (including phenoxy) is 6. The predicted octanol–water partition coefficient (Wildman–Crippen LogP) is 13.7. The van der Waals surface area contributed by atoms with Crippen LogP contribution in [0.4, 0.5) is 34.1 Å². The minimum atomic E-state index is -1.18. The number of para-hydroxylation sites is 3. The Kier molecular flexibility index (Phi) is 11.8. The number of nitrogens with zero attached hydrogens (tertiary/aromatic N) is 6. The number of hydrogen-bond donors (Lipinski definition) is 0. The van der Waals surface area contributed by atoms with Gasteiger partial charge in [0.15, 0.2) is 34.5 Å². The predicted molar refractivity (Wildman–Crippen MR) is 320 cm³/mol. The number of nitro groups is 3. The van der Waals surface area contributed by atoms with Gasteiger partial charge in [0.2, 0.25) is 17.2 Å². The third-order valence-corrected chi connectivity index (χ3v) is 18.4. The Hall–Kier alpha value is -9.84. The first-order valence-electron chi connectivity index (χ1n) is 27.6. The maximum Gasteiger partial charge on any atom is 0.274 e. The average molecular weight is 1130 g/mol. The summed E-state index contributed by atoms with van der Waals surface area (Å²) in [6.07, 6.45) is 11.7. The highest BCUT2D eigenvalue weighted by Gasteiger charge is 2.62. The fraction of sp³-hybridized carbons (Fsp3) is 0.273. The van der Waals surface area contributed by atoms with Crippen molar-refractivity contribution in [2.24, 2.45) is 0 Å². The van der Waals surface area contributed by atoms with E-state index in [1.54, 1.807) is 0 Å². The third-order valence-electron chi connectivity index (χ3n) is 18.4. The van der Waals surface area contributed by atoms with Crippen molar-refractivity contribution in [1.82, 2.24) is 0 Å². The molecule has 13 rings (SSSR count). The summed E-state index contributed by atoms with van der Waals surface area (Å²) in [6, 6.07) is 40.0. The summed E-state index contributed by atoms with van der Waals surface area (Å²) in [4.78, 5) is 41.9. The van der Waals surface area contributed by atoms with Crippen molar-refractivity contribution in [3.63, 3.8) is 0 Å². The summed E-state index contributed by atoms with van der Waals surface area (Å²) in [5.74, 6) is 1.86. The number of methoxy groups -OCH3 is 3. The molecule has 0 fully saturated rings. The van der Waals surface area contributed by atoms with Crippen LogP contribution in [0.3, 0.4) is 0 Å². The Labute approximate surface area is 484 Å². The van der Waals surface area contributed by atoms with Gasteiger partial charge in [0.1, 0.15) is 0 Å². The highest BCUT2D eigenvalue weighted by atomic mass is 16.6. The van der Waals surface area contributed by atoms with Gasteiger partial charge in [-0.2, -0.15) is 0 Å². The summed E-state index contributed by atoms with van der Waals surface area (Å²) >= 11 is 0. The first-order valence-corrected chi connectivity index (χ1v) is 27.6. The number of anilines is 3. The molecule has 84 heavy (non-hydrogen) atoms. The molecule has 0 radical (unpaired) electrons. The van der Waals surface area contributed by atoms with E-state index in [9.17, 15) is 30.3 Å². The van der Waals surface area contributed by atoms with Crippen LogP contribution in [-0.4, -0.2) is 53.3 Å². The molecule has 0 aliphatic carbocycles. The van der Waals surface area contributed by atoms with Crippen LogP contribution in [0.1, 0.15) is 91.6 Å². The fourth-order valence-corrected chi connectivity index (χ4v) is 14.0. The molecule has 6 aliphatic rings. The summed E-state index contributed by atoms with van der Waals surface area (Å²) in [5, 5.41) is 36.5. The van der Waals surface area contributed by atoms with E-state index in [1.807, 2.05) is 72.9 Å². The van der Waals surface area contributed by atoms with Gasteiger partial charge in [-0.15, -0.1) is 0 Å². The van der Waals surface area contributed by atoms with Crippen molar-refractivity contribution in [2.75, 3.05) is 36.0 Å². The van der Waals surface area contributed by atoms with E-state index < -0.39 is 48.2 Å². The molecule has 3 spiro atoms. The third kappa shape index (κ3) is 7.47. The van der Waals surface area contributed by atoms with Crippen LogP contribution in [0.15, 0.2) is 146 Å². The van der Waals surface area contributed by atoms with E-state index in [2.05, 4.69) is 111 Å². The molecular weight excluding hydrogens is 1070 g/mol. The molecule has 18 nitrogen and oxygen atoms in total. The first kappa shape index (κ1) is 53.5. The van der Waals surface area contributed by atoms with E-state index in [0.717, 1.165) is 50.4 Å². The molecular formula is C66H60N6O12.